The molecule has 1 fully saturated rings. The molecule has 2 aromatic heterocycles. The number of nitrogens with one attached hydrogen (secondary N) is 2. The molecule has 1 unspecified atom stereocenters. The number of aryl methyl sites for hydroxylation is 1. The minimum atomic E-state index is -0.0371. The quantitative estimate of drug-likeness (QED) is 0.642. The van der Waals surface area contributed by atoms with Gasteiger partial charge in [0.15, 0.2) is 5.65 Å². The van der Waals surface area contributed by atoms with Gasteiger partial charge in [0.1, 0.15) is 11.5 Å². The summed E-state index contributed by atoms with van der Waals surface area (Å²) in [6.45, 7) is 6.11. The molecular weight excluding hydrogens is 358 g/mol. The van der Waals surface area contributed by atoms with Gasteiger partial charge >= 0.3 is 0 Å². The maximum absolute atomic E-state index is 13.4. The summed E-state index contributed by atoms with van der Waals surface area (Å²) in [5.74, 6) is 0.543. The summed E-state index contributed by atoms with van der Waals surface area (Å²) in [6.07, 6.45) is 0. The predicted octanol–water partition coefficient (Wildman–Crippen LogP) is 2.08. The minimum Gasteiger partial charge on any atom is -0.508 e. The number of H-pyrrole nitrogens is 1. The van der Waals surface area contributed by atoms with E-state index in [4.69, 9.17) is 4.74 Å². The number of piperazine rings is 1. The smallest absolute Gasteiger partial charge is 0.255 e. The summed E-state index contributed by atoms with van der Waals surface area (Å²) in [5, 5.41) is 21.0. The van der Waals surface area contributed by atoms with Gasteiger partial charge in [-0.15, -0.1) is 0 Å². The number of hydrogen-bond donors (Lipinski definition) is 3. The van der Waals surface area contributed by atoms with Crippen molar-refractivity contribution in [1.29, 1.82) is 0 Å². The van der Waals surface area contributed by atoms with Crippen molar-refractivity contribution >= 4 is 16.9 Å². The van der Waals surface area contributed by atoms with E-state index in [2.05, 4.69) is 20.5 Å². The van der Waals surface area contributed by atoms with Gasteiger partial charge in [-0.1, -0.05) is 0 Å². The molecule has 1 saturated heterocycles. The Labute approximate surface area is 162 Å². The van der Waals surface area contributed by atoms with E-state index in [-0.39, 0.29) is 17.7 Å². The Morgan fingerprint density at radius 2 is 2.18 bits per heavy atom. The van der Waals surface area contributed by atoms with Gasteiger partial charge in [0, 0.05) is 43.0 Å². The van der Waals surface area contributed by atoms with Crippen LogP contribution in [0.4, 0.5) is 0 Å². The van der Waals surface area contributed by atoms with Gasteiger partial charge < -0.3 is 20.1 Å². The lowest BCUT2D eigenvalue weighted by Crippen LogP contribution is -2.52. The molecule has 146 valence electrons. The van der Waals surface area contributed by atoms with Crippen LogP contribution in [0, 0.1) is 6.92 Å². The van der Waals surface area contributed by atoms with Crippen molar-refractivity contribution in [2.45, 2.75) is 19.9 Å². The number of hydrogen-bond acceptors (Lipinski definition) is 6. The molecule has 0 saturated carbocycles. The number of rotatable bonds is 3. The van der Waals surface area contributed by atoms with Gasteiger partial charge in [0.2, 0.25) is 0 Å². The van der Waals surface area contributed by atoms with Crippen LogP contribution >= 0.6 is 0 Å². The Kier molecular flexibility index (Phi) is 4.64. The summed E-state index contributed by atoms with van der Waals surface area (Å²) in [4.78, 5) is 19.9. The van der Waals surface area contributed by atoms with Crippen molar-refractivity contribution < 1.29 is 14.6 Å². The molecule has 1 amide bonds. The van der Waals surface area contributed by atoms with Crippen LogP contribution in [-0.2, 0) is 0 Å². The number of methoxy groups -OCH3 is 1. The molecule has 0 bridgehead atoms. The van der Waals surface area contributed by atoms with E-state index in [1.807, 2.05) is 18.7 Å². The molecule has 1 aliphatic heterocycles. The zero-order valence-corrected chi connectivity index (χ0v) is 16.1. The summed E-state index contributed by atoms with van der Waals surface area (Å²) in [6, 6.07) is 6.71. The first-order valence-corrected chi connectivity index (χ1v) is 9.24. The van der Waals surface area contributed by atoms with Gasteiger partial charge in [-0.05, 0) is 32.0 Å². The average molecular weight is 381 g/mol. The average Bonchev–Trinajstić information content (AvgIpc) is 3.08. The number of aromatic amines is 1. The van der Waals surface area contributed by atoms with E-state index < -0.39 is 0 Å². The first-order valence-electron chi connectivity index (χ1n) is 9.24. The minimum absolute atomic E-state index is 0.0371. The largest absolute Gasteiger partial charge is 0.508 e. The molecule has 1 atom stereocenters. The van der Waals surface area contributed by atoms with Crippen LogP contribution in [0.3, 0.4) is 0 Å². The van der Waals surface area contributed by atoms with Gasteiger partial charge in [0.05, 0.1) is 23.8 Å². The standard InChI is InChI=1S/C20H23N5O3/c1-11-10-21-6-7-25(11)20(27)15-9-16(22-19-18(15)12(2)23-24-19)14-5-4-13(26)8-17(14)28-3/h4-5,8-9,11,21,26H,6-7,10H2,1-3H3,(H,22,23,24). The highest BCUT2D eigenvalue weighted by Crippen LogP contribution is 2.34. The van der Waals surface area contributed by atoms with Crippen molar-refractivity contribution in [3.63, 3.8) is 0 Å². The van der Waals surface area contributed by atoms with Crippen LogP contribution in [0.5, 0.6) is 11.5 Å². The Morgan fingerprint density at radius 1 is 1.36 bits per heavy atom. The number of carbonyl (C=O) groups is 1. The van der Waals surface area contributed by atoms with E-state index in [9.17, 15) is 9.90 Å². The van der Waals surface area contributed by atoms with Gasteiger partial charge in [-0.3, -0.25) is 9.89 Å². The van der Waals surface area contributed by atoms with Gasteiger partial charge in [-0.25, -0.2) is 4.98 Å². The zero-order valence-electron chi connectivity index (χ0n) is 16.1. The van der Waals surface area contributed by atoms with Crippen molar-refractivity contribution in [2.24, 2.45) is 0 Å². The highest BCUT2D eigenvalue weighted by Gasteiger charge is 2.27. The zero-order chi connectivity index (χ0) is 19.8. The lowest BCUT2D eigenvalue weighted by atomic mass is 10.0. The molecule has 3 heterocycles. The highest BCUT2D eigenvalue weighted by atomic mass is 16.5. The number of aromatic hydroxyl groups is 1. The second kappa shape index (κ2) is 7.12. The molecule has 1 aromatic carbocycles. The van der Waals surface area contributed by atoms with Crippen LogP contribution in [0.15, 0.2) is 24.3 Å². The van der Waals surface area contributed by atoms with Crippen molar-refractivity contribution in [3.8, 4) is 22.8 Å². The third-order valence-electron chi connectivity index (χ3n) is 5.16. The molecule has 28 heavy (non-hydrogen) atoms. The second-order valence-corrected chi connectivity index (χ2v) is 7.04. The normalized spacial score (nSPS) is 17.1. The summed E-state index contributed by atoms with van der Waals surface area (Å²) in [7, 11) is 1.53. The van der Waals surface area contributed by atoms with Crippen molar-refractivity contribution in [3.05, 3.63) is 35.5 Å². The number of carbonyl (C=O) groups excluding carboxylic acids is 1. The summed E-state index contributed by atoms with van der Waals surface area (Å²) >= 11 is 0. The van der Waals surface area contributed by atoms with Crippen LogP contribution in [0.2, 0.25) is 0 Å². The van der Waals surface area contributed by atoms with E-state index in [1.165, 1.54) is 13.2 Å². The fourth-order valence-electron chi connectivity index (χ4n) is 3.67. The number of nitrogens with zero attached hydrogens (tertiary/aromatic N) is 3. The highest BCUT2D eigenvalue weighted by molar-refractivity contribution is 6.07. The monoisotopic (exact) mass is 381 g/mol. The fourth-order valence-corrected chi connectivity index (χ4v) is 3.67. The number of aromatic nitrogens is 3. The number of phenolic OH excluding ortho intramolecular Hbond substituents is 1. The van der Waals surface area contributed by atoms with Crippen molar-refractivity contribution in [2.75, 3.05) is 26.7 Å². The Morgan fingerprint density at radius 3 is 2.93 bits per heavy atom. The van der Waals surface area contributed by atoms with Crippen LogP contribution in [0.1, 0.15) is 23.0 Å². The fraction of sp³-hybridized carbons (Fsp3) is 0.350. The number of amides is 1. The number of benzene rings is 1. The summed E-state index contributed by atoms with van der Waals surface area (Å²) in [5.41, 5.74) is 3.11. The second-order valence-electron chi connectivity index (χ2n) is 7.04. The first-order chi connectivity index (χ1) is 13.5. The van der Waals surface area contributed by atoms with E-state index in [1.54, 1.807) is 18.2 Å². The van der Waals surface area contributed by atoms with E-state index >= 15 is 0 Å². The number of fused-ring (bicyclic) bond motifs is 1. The van der Waals surface area contributed by atoms with Gasteiger partial charge in [0.25, 0.3) is 5.91 Å². The molecular formula is C20H23N5O3. The molecule has 0 spiro atoms. The predicted molar refractivity (Wildman–Crippen MR) is 106 cm³/mol. The molecule has 4 rings (SSSR count). The Balaban J connectivity index is 1.88. The maximum atomic E-state index is 13.4. The summed E-state index contributed by atoms with van der Waals surface area (Å²) < 4.78 is 5.40. The lowest BCUT2D eigenvalue weighted by molar-refractivity contribution is 0.0657. The molecule has 0 radical (unpaired) electrons. The molecule has 8 heteroatoms. The number of phenols is 1. The molecule has 1 aliphatic rings. The third kappa shape index (κ3) is 3.05. The van der Waals surface area contributed by atoms with Crippen molar-refractivity contribution in [1.82, 2.24) is 25.4 Å². The van der Waals surface area contributed by atoms with Crippen LogP contribution < -0.4 is 10.1 Å². The van der Waals surface area contributed by atoms with E-state index in [0.717, 1.165) is 24.2 Å². The third-order valence-corrected chi connectivity index (χ3v) is 5.16. The Hall–Kier alpha value is -3.13. The Bertz CT molecular complexity index is 1050. The molecule has 3 aromatic rings. The van der Waals surface area contributed by atoms with Crippen LogP contribution in [-0.4, -0.2) is 63.9 Å². The topological polar surface area (TPSA) is 103 Å². The van der Waals surface area contributed by atoms with Gasteiger partial charge in [-0.2, -0.15) is 5.10 Å². The first kappa shape index (κ1) is 18.2. The lowest BCUT2D eigenvalue weighted by Gasteiger charge is -2.34. The number of pyridine rings is 1. The van der Waals surface area contributed by atoms with Crippen LogP contribution in [0.25, 0.3) is 22.3 Å². The molecule has 3 N–H and O–H groups in total. The SMILES string of the molecule is COc1cc(O)ccc1-c1cc(C(=O)N2CCNCC2C)c2c(C)[nH]nc2n1. The molecule has 8 nitrogen and oxygen atoms in total. The van der Waals surface area contributed by atoms with E-state index in [0.29, 0.717) is 34.8 Å². The molecule has 0 aliphatic carbocycles. The maximum Gasteiger partial charge on any atom is 0.255 e. The number of ether oxygens (including phenoxy) is 1.